The van der Waals surface area contributed by atoms with Crippen molar-refractivity contribution >= 4 is 16.2 Å². The van der Waals surface area contributed by atoms with Crippen LogP contribution in [0.3, 0.4) is 0 Å². The van der Waals surface area contributed by atoms with Gasteiger partial charge in [0.25, 0.3) is 10.1 Å². The van der Waals surface area contributed by atoms with Gasteiger partial charge >= 0.3 is 6.09 Å². The lowest BCUT2D eigenvalue weighted by Gasteiger charge is -2.40. The molecule has 1 atom stereocenters. The first-order valence-electron chi connectivity index (χ1n) is 7.54. The van der Waals surface area contributed by atoms with Gasteiger partial charge in [-0.15, -0.1) is 0 Å². The first-order valence-corrected chi connectivity index (χ1v) is 8.95. The summed E-state index contributed by atoms with van der Waals surface area (Å²) in [5.41, 5.74) is 0.394. The Kier molecular flexibility index (Phi) is 5.01. The number of hydrogen-bond acceptors (Lipinski definition) is 5. The van der Waals surface area contributed by atoms with Gasteiger partial charge in [0.1, 0.15) is 5.60 Å². The Morgan fingerprint density at radius 3 is 2.35 bits per heavy atom. The molecule has 1 amide bonds. The SMILES string of the molecule is Cc1ccc(S(=O)(=O)OCC2CCN2C(=O)OC(C)(C)C)cc1. The van der Waals surface area contributed by atoms with E-state index in [-0.39, 0.29) is 17.5 Å². The van der Waals surface area contributed by atoms with Gasteiger partial charge < -0.3 is 9.64 Å². The van der Waals surface area contributed by atoms with Gasteiger partial charge in [0.2, 0.25) is 0 Å². The summed E-state index contributed by atoms with van der Waals surface area (Å²) in [5.74, 6) is 0. The van der Waals surface area contributed by atoms with E-state index in [2.05, 4.69) is 0 Å². The van der Waals surface area contributed by atoms with Gasteiger partial charge in [0.05, 0.1) is 17.5 Å². The Labute approximate surface area is 137 Å². The fourth-order valence-electron chi connectivity index (χ4n) is 2.12. The average molecular weight is 341 g/mol. The van der Waals surface area contributed by atoms with E-state index >= 15 is 0 Å². The topological polar surface area (TPSA) is 72.9 Å². The minimum atomic E-state index is -3.81. The van der Waals surface area contributed by atoms with Crippen molar-refractivity contribution < 1.29 is 22.1 Å². The lowest BCUT2D eigenvalue weighted by atomic mass is 10.1. The summed E-state index contributed by atoms with van der Waals surface area (Å²) in [6.07, 6.45) is 0.257. The van der Waals surface area contributed by atoms with Gasteiger partial charge in [0, 0.05) is 6.54 Å². The Bertz CT molecular complexity index is 661. The van der Waals surface area contributed by atoms with Gasteiger partial charge in [-0.3, -0.25) is 4.18 Å². The lowest BCUT2D eigenvalue weighted by Crippen LogP contribution is -2.54. The van der Waals surface area contributed by atoms with Crippen molar-refractivity contribution in [3.8, 4) is 0 Å². The molecule has 1 saturated heterocycles. The maximum atomic E-state index is 12.1. The summed E-state index contributed by atoms with van der Waals surface area (Å²) < 4.78 is 34.6. The standard InChI is InChI=1S/C16H23NO5S/c1-12-5-7-14(8-6-12)23(19,20)21-11-13-9-10-17(13)15(18)22-16(2,3)4/h5-8,13H,9-11H2,1-4H3. The molecule has 1 aliphatic heterocycles. The molecule has 0 saturated carbocycles. The van der Waals surface area contributed by atoms with Crippen LogP contribution in [0.25, 0.3) is 0 Å². The number of nitrogens with zero attached hydrogens (tertiary/aromatic N) is 1. The number of likely N-dealkylation sites (tertiary alicyclic amines) is 1. The van der Waals surface area contributed by atoms with Crippen molar-refractivity contribution in [1.29, 1.82) is 0 Å². The molecule has 0 aromatic heterocycles. The minimum Gasteiger partial charge on any atom is -0.444 e. The third-order valence-electron chi connectivity index (χ3n) is 3.50. The third kappa shape index (κ3) is 4.68. The Morgan fingerprint density at radius 2 is 1.87 bits per heavy atom. The van der Waals surface area contributed by atoms with E-state index in [1.165, 1.54) is 17.0 Å². The fourth-order valence-corrected chi connectivity index (χ4v) is 3.06. The minimum absolute atomic E-state index is 0.0601. The first kappa shape index (κ1) is 17.7. The van der Waals surface area contributed by atoms with Gasteiger partial charge in [-0.2, -0.15) is 8.42 Å². The highest BCUT2D eigenvalue weighted by atomic mass is 32.2. The molecule has 2 rings (SSSR count). The predicted octanol–water partition coefficient (Wildman–Crippen LogP) is 2.71. The molecule has 1 heterocycles. The monoisotopic (exact) mass is 341 g/mol. The maximum absolute atomic E-state index is 12.1. The van der Waals surface area contributed by atoms with E-state index in [4.69, 9.17) is 8.92 Å². The Balaban J connectivity index is 1.93. The second-order valence-electron chi connectivity index (χ2n) is 6.67. The largest absolute Gasteiger partial charge is 0.444 e. The van der Waals surface area contributed by atoms with Crippen LogP contribution in [0.4, 0.5) is 4.79 Å². The van der Waals surface area contributed by atoms with E-state index in [1.807, 2.05) is 6.92 Å². The molecule has 7 heteroatoms. The van der Waals surface area contributed by atoms with Gasteiger partial charge in [-0.05, 0) is 46.2 Å². The van der Waals surface area contributed by atoms with E-state index in [0.717, 1.165) is 5.56 Å². The number of rotatable bonds is 4. The second kappa shape index (κ2) is 6.49. The van der Waals surface area contributed by atoms with Crippen LogP contribution in [0.5, 0.6) is 0 Å². The number of amides is 1. The van der Waals surface area contributed by atoms with Crippen LogP contribution in [0.15, 0.2) is 29.2 Å². The number of hydrogen-bond donors (Lipinski definition) is 0. The summed E-state index contributed by atoms with van der Waals surface area (Å²) in [7, 11) is -3.81. The van der Waals surface area contributed by atoms with Crippen LogP contribution >= 0.6 is 0 Å². The number of aryl methyl sites for hydroxylation is 1. The fraction of sp³-hybridized carbons (Fsp3) is 0.562. The van der Waals surface area contributed by atoms with E-state index in [1.54, 1.807) is 32.9 Å². The van der Waals surface area contributed by atoms with Crippen LogP contribution in [0.1, 0.15) is 32.8 Å². The lowest BCUT2D eigenvalue weighted by molar-refractivity contribution is -0.0137. The quantitative estimate of drug-likeness (QED) is 0.787. The van der Waals surface area contributed by atoms with Crippen LogP contribution < -0.4 is 0 Å². The average Bonchev–Trinajstić information content (AvgIpc) is 2.35. The smallest absolute Gasteiger partial charge is 0.410 e. The van der Waals surface area contributed by atoms with Crippen LogP contribution in [0.2, 0.25) is 0 Å². The molecule has 1 aliphatic rings. The molecule has 1 unspecified atom stereocenters. The van der Waals surface area contributed by atoms with Gasteiger partial charge in [0.15, 0.2) is 0 Å². The van der Waals surface area contributed by atoms with Crippen molar-refractivity contribution in [3.05, 3.63) is 29.8 Å². The van der Waals surface area contributed by atoms with Crippen molar-refractivity contribution in [2.45, 2.75) is 50.7 Å². The van der Waals surface area contributed by atoms with E-state index in [0.29, 0.717) is 13.0 Å². The number of ether oxygens (including phenoxy) is 1. The molecule has 1 fully saturated rings. The molecular weight excluding hydrogens is 318 g/mol. The summed E-state index contributed by atoms with van der Waals surface area (Å²) in [6, 6.07) is 6.18. The highest BCUT2D eigenvalue weighted by molar-refractivity contribution is 7.86. The van der Waals surface area contributed by atoms with E-state index in [9.17, 15) is 13.2 Å². The van der Waals surface area contributed by atoms with Crippen molar-refractivity contribution in [3.63, 3.8) is 0 Å². The Hall–Kier alpha value is -1.60. The molecule has 1 aromatic rings. The van der Waals surface area contributed by atoms with Crippen LogP contribution in [-0.2, 0) is 19.0 Å². The molecule has 0 N–H and O–H groups in total. The number of carbonyl (C=O) groups excluding carboxylic acids is 1. The number of benzene rings is 1. The number of carbonyl (C=O) groups is 1. The van der Waals surface area contributed by atoms with Crippen molar-refractivity contribution in [1.82, 2.24) is 4.90 Å². The third-order valence-corrected chi connectivity index (χ3v) is 4.79. The zero-order valence-electron chi connectivity index (χ0n) is 13.9. The zero-order chi connectivity index (χ0) is 17.3. The zero-order valence-corrected chi connectivity index (χ0v) is 14.7. The predicted molar refractivity (Wildman–Crippen MR) is 85.7 cm³/mol. The van der Waals surface area contributed by atoms with Crippen molar-refractivity contribution in [2.24, 2.45) is 0 Å². The van der Waals surface area contributed by atoms with Crippen molar-refractivity contribution in [2.75, 3.05) is 13.2 Å². The van der Waals surface area contributed by atoms with Gasteiger partial charge in [-0.1, -0.05) is 17.7 Å². The molecule has 6 nitrogen and oxygen atoms in total. The molecule has 0 spiro atoms. The first-order chi connectivity index (χ1) is 10.6. The highest BCUT2D eigenvalue weighted by Crippen LogP contribution is 2.23. The normalized spacial score (nSPS) is 18.4. The molecular formula is C16H23NO5S. The molecule has 128 valence electrons. The summed E-state index contributed by atoms with van der Waals surface area (Å²) in [4.78, 5) is 13.6. The summed E-state index contributed by atoms with van der Waals surface area (Å²) in [6.45, 7) is 7.74. The van der Waals surface area contributed by atoms with Crippen LogP contribution in [0, 0.1) is 6.92 Å². The van der Waals surface area contributed by atoms with Gasteiger partial charge in [-0.25, -0.2) is 4.79 Å². The highest BCUT2D eigenvalue weighted by Gasteiger charge is 2.36. The summed E-state index contributed by atoms with van der Waals surface area (Å²) >= 11 is 0. The molecule has 0 radical (unpaired) electrons. The molecule has 23 heavy (non-hydrogen) atoms. The Morgan fingerprint density at radius 1 is 1.26 bits per heavy atom. The second-order valence-corrected chi connectivity index (χ2v) is 8.28. The molecule has 0 bridgehead atoms. The maximum Gasteiger partial charge on any atom is 0.410 e. The molecule has 1 aromatic carbocycles. The summed E-state index contributed by atoms with van der Waals surface area (Å²) in [5, 5.41) is 0. The van der Waals surface area contributed by atoms with E-state index < -0.39 is 21.8 Å². The van der Waals surface area contributed by atoms with Crippen LogP contribution in [-0.4, -0.2) is 44.2 Å². The molecule has 0 aliphatic carbocycles.